The summed E-state index contributed by atoms with van der Waals surface area (Å²) in [5.74, 6) is 0. The lowest BCUT2D eigenvalue weighted by molar-refractivity contribution is -0.178. The van der Waals surface area contributed by atoms with Crippen LogP contribution >= 0.6 is 22.9 Å². The van der Waals surface area contributed by atoms with Gasteiger partial charge in [0.1, 0.15) is 0 Å². The van der Waals surface area contributed by atoms with Gasteiger partial charge in [0.25, 0.3) is 0 Å². The van der Waals surface area contributed by atoms with Gasteiger partial charge in [0.15, 0.2) is 6.29 Å². The van der Waals surface area contributed by atoms with E-state index >= 15 is 0 Å². The molecule has 1 aromatic rings. The first-order valence-electron chi connectivity index (χ1n) is 5.69. The fourth-order valence-electron chi connectivity index (χ4n) is 1.89. The van der Waals surface area contributed by atoms with E-state index in [-0.39, 0.29) is 11.8 Å². The van der Waals surface area contributed by atoms with Crippen molar-refractivity contribution in [3.63, 3.8) is 0 Å². The van der Waals surface area contributed by atoms with E-state index in [4.69, 9.17) is 26.8 Å². The first kappa shape index (κ1) is 15.9. The van der Waals surface area contributed by atoms with E-state index in [9.17, 15) is 0 Å². The number of likely N-dealkylation sites (N-methyl/N-ethyl adjacent to an activating group) is 1. The Hall–Kier alpha value is -0.170. The van der Waals surface area contributed by atoms with Crippen LogP contribution in [0.25, 0.3) is 0 Å². The smallest absolute Gasteiger partial charge is 0.176 e. The maximum Gasteiger partial charge on any atom is 0.176 e. The Labute approximate surface area is 118 Å². The van der Waals surface area contributed by atoms with E-state index in [0.29, 0.717) is 6.54 Å². The fourth-order valence-corrected chi connectivity index (χ4v) is 3.03. The number of nitrogens with two attached hydrogens (primary N) is 1. The Morgan fingerprint density at radius 2 is 2.06 bits per heavy atom. The number of methoxy groups -OCH3 is 2. The van der Waals surface area contributed by atoms with Gasteiger partial charge in [0.05, 0.1) is 9.88 Å². The van der Waals surface area contributed by atoms with E-state index in [0.717, 1.165) is 10.9 Å². The zero-order valence-corrected chi connectivity index (χ0v) is 12.8. The maximum atomic E-state index is 5.94. The number of ether oxygens (including phenoxy) is 2. The first-order valence-corrected chi connectivity index (χ1v) is 6.88. The molecule has 1 rings (SSSR count). The Morgan fingerprint density at radius 1 is 1.44 bits per heavy atom. The number of halogens is 1. The molecule has 104 valence electrons. The molecule has 1 heterocycles. The third-order valence-electron chi connectivity index (χ3n) is 3.24. The molecule has 0 aliphatic rings. The lowest BCUT2D eigenvalue weighted by Crippen LogP contribution is -2.58. The largest absolute Gasteiger partial charge is 0.354 e. The van der Waals surface area contributed by atoms with Gasteiger partial charge in [0, 0.05) is 32.2 Å². The predicted molar refractivity (Wildman–Crippen MR) is 76.1 cm³/mol. The average Bonchev–Trinajstić information content (AvgIpc) is 2.75. The zero-order chi connectivity index (χ0) is 13.8. The number of nitrogens with zero attached hydrogens (tertiary/aromatic N) is 1. The minimum absolute atomic E-state index is 0.372. The van der Waals surface area contributed by atoms with Crippen LogP contribution in [0.2, 0.25) is 4.34 Å². The molecule has 6 heteroatoms. The molecule has 0 radical (unpaired) electrons. The zero-order valence-electron chi connectivity index (χ0n) is 11.3. The second-order valence-corrected chi connectivity index (χ2v) is 6.23. The molecule has 18 heavy (non-hydrogen) atoms. The van der Waals surface area contributed by atoms with Crippen molar-refractivity contribution < 1.29 is 9.47 Å². The van der Waals surface area contributed by atoms with Crippen LogP contribution < -0.4 is 5.73 Å². The van der Waals surface area contributed by atoms with Crippen LogP contribution in [-0.4, -0.2) is 44.5 Å². The molecule has 0 saturated carbocycles. The molecule has 1 unspecified atom stereocenters. The summed E-state index contributed by atoms with van der Waals surface area (Å²) in [5.41, 5.74) is 5.51. The lowest BCUT2D eigenvalue weighted by atomic mass is 9.99. The fraction of sp³-hybridized carbons (Fsp3) is 0.667. The Bertz CT molecular complexity index is 371. The summed E-state index contributed by atoms with van der Waals surface area (Å²) < 4.78 is 11.5. The van der Waals surface area contributed by atoms with Crippen LogP contribution in [0.1, 0.15) is 11.8 Å². The molecule has 0 amide bonds. The molecule has 1 aromatic heterocycles. The van der Waals surface area contributed by atoms with E-state index in [1.54, 1.807) is 25.6 Å². The van der Waals surface area contributed by atoms with Crippen molar-refractivity contribution in [3.05, 3.63) is 21.3 Å². The molecular weight excluding hydrogens is 272 g/mol. The van der Waals surface area contributed by atoms with Gasteiger partial charge < -0.3 is 15.2 Å². The Kier molecular flexibility index (Phi) is 6.04. The molecule has 0 spiro atoms. The van der Waals surface area contributed by atoms with Gasteiger partial charge in [-0.3, -0.25) is 4.90 Å². The summed E-state index contributed by atoms with van der Waals surface area (Å²) in [6, 6.07) is 3.92. The van der Waals surface area contributed by atoms with Gasteiger partial charge in [-0.2, -0.15) is 0 Å². The van der Waals surface area contributed by atoms with Gasteiger partial charge in [-0.15, -0.1) is 11.3 Å². The monoisotopic (exact) mass is 292 g/mol. The summed E-state index contributed by atoms with van der Waals surface area (Å²) in [6.45, 7) is 3.23. The number of hydrogen-bond donors (Lipinski definition) is 1. The summed E-state index contributed by atoms with van der Waals surface area (Å²) in [5, 5.41) is 0. The minimum Gasteiger partial charge on any atom is -0.354 e. The van der Waals surface area contributed by atoms with Crippen molar-refractivity contribution in [1.82, 2.24) is 4.90 Å². The van der Waals surface area contributed by atoms with Crippen molar-refractivity contribution in [2.75, 3.05) is 27.8 Å². The first-order chi connectivity index (χ1) is 8.47. The topological polar surface area (TPSA) is 47.7 Å². The van der Waals surface area contributed by atoms with Gasteiger partial charge >= 0.3 is 0 Å². The quantitative estimate of drug-likeness (QED) is 0.783. The molecule has 0 aromatic carbocycles. The van der Waals surface area contributed by atoms with Crippen LogP contribution in [0.4, 0.5) is 0 Å². The minimum atomic E-state index is -0.389. The molecule has 4 nitrogen and oxygen atoms in total. The summed E-state index contributed by atoms with van der Waals surface area (Å²) >= 11 is 7.51. The van der Waals surface area contributed by atoms with Crippen LogP contribution in [0.5, 0.6) is 0 Å². The normalized spacial score (nSPS) is 15.3. The number of thiophene rings is 1. The van der Waals surface area contributed by atoms with Crippen molar-refractivity contribution in [2.45, 2.75) is 25.3 Å². The highest BCUT2D eigenvalue weighted by Crippen LogP contribution is 2.27. The van der Waals surface area contributed by atoms with Crippen LogP contribution in [0.15, 0.2) is 12.1 Å². The summed E-state index contributed by atoms with van der Waals surface area (Å²) in [7, 11) is 5.25. The molecule has 0 aliphatic carbocycles. The Morgan fingerprint density at radius 3 is 2.44 bits per heavy atom. The second kappa shape index (κ2) is 6.84. The standard InChI is InChI=1S/C12H21ClN2O2S/c1-12(8-14,11(16-3)17-4)15(2)7-9-5-6-10(13)18-9/h5-6,11H,7-8,14H2,1-4H3. The van der Waals surface area contributed by atoms with Crippen molar-refractivity contribution in [2.24, 2.45) is 5.73 Å². The molecular formula is C12H21ClN2O2S. The van der Waals surface area contributed by atoms with Gasteiger partial charge in [-0.25, -0.2) is 0 Å². The van der Waals surface area contributed by atoms with Crippen molar-refractivity contribution >= 4 is 22.9 Å². The number of hydrogen-bond acceptors (Lipinski definition) is 5. The summed E-state index contributed by atoms with van der Waals surface area (Å²) in [6.07, 6.45) is -0.372. The molecule has 0 saturated heterocycles. The molecule has 2 N–H and O–H groups in total. The van der Waals surface area contributed by atoms with Crippen LogP contribution in [-0.2, 0) is 16.0 Å². The average molecular weight is 293 g/mol. The van der Waals surface area contributed by atoms with Crippen LogP contribution in [0, 0.1) is 0 Å². The van der Waals surface area contributed by atoms with E-state index in [2.05, 4.69) is 4.90 Å². The maximum absolute atomic E-state index is 5.94. The highest BCUT2D eigenvalue weighted by molar-refractivity contribution is 7.16. The predicted octanol–water partition coefficient (Wildman–Crippen LogP) is 2.17. The summed E-state index contributed by atoms with van der Waals surface area (Å²) in [4.78, 5) is 3.32. The van der Waals surface area contributed by atoms with Gasteiger partial charge in [-0.05, 0) is 26.1 Å². The van der Waals surface area contributed by atoms with Crippen molar-refractivity contribution in [1.29, 1.82) is 0 Å². The van der Waals surface area contributed by atoms with E-state index < -0.39 is 0 Å². The van der Waals surface area contributed by atoms with Gasteiger partial charge in [-0.1, -0.05) is 11.6 Å². The molecule has 0 fully saturated rings. The third-order valence-corrected chi connectivity index (χ3v) is 4.46. The molecule has 1 atom stereocenters. The third kappa shape index (κ3) is 3.44. The molecule has 0 bridgehead atoms. The highest BCUT2D eigenvalue weighted by atomic mass is 35.5. The number of rotatable bonds is 7. The van der Waals surface area contributed by atoms with Crippen molar-refractivity contribution in [3.8, 4) is 0 Å². The van der Waals surface area contributed by atoms with Gasteiger partial charge in [0.2, 0.25) is 0 Å². The second-order valence-electron chi connectivity index (χ2n) is 4.43. The highest BCUT2D eigenvalue weighted by Gasteiger charge is 2.37. The SMILES string of the molecule is COC(OC)C(C)(CN)N(C)Cc1ccc(Cl)s1. The van der Waals surface area contributed by atoms with E-state index in [1.165, 1.54) is 4.88 Å². The Balaban J connectivity index is 2.80. The lowest BCUT2D eigenvalue weighted by Gasteiger charge is -2.42. The molecule has 0 aliphatic heterocycles. The van der Waals surface area contributed by atoms with Crippen LogP contribution in [0.3, 0.4) is 0 Å². The van der Waals surface area contributed by atoms with E-state index in [1.807, 2.05) is 26.1 Å².